The van der Waals surface area contributed by atoms with E-state index >= 15 is 0 Å². The van der Waals surface area contributed by atoms with E-state index in [9.17, 15) is 18.4 Å². The summed E-state index contributed by atoms with van der Waals surface area (Å²) < 4.78 is 26.8. The van der Waals surface area contributed by atoms with Gasteiger partial charge in [0.25, 0.3) is 5.91 Å². The Morgan fingerprint density at radius 2 is 1.52 bits per heavy atom. The summed E-state index contributed by atoms with van der Waals surface area (Å²) in [6.07, 6.45) is 0. The minimum absolute atomic E-state index is 0. The lowest BCUT2D eigenvalue weighted by Crippen LogP contribution is -2.52. The summed E-state index contributed by atoms with van der Waals surface area (Å²) in [5.41, 5.74) is 6.58. The highest BCUT2D eigenvalue weighted by atomic mass is 35.5. The summed E-state index contributed by atoms with van der Waals surface area (Å²) in [6, 6.07) is 11.2. The van der Waals surface area contributed by atoms with Crippen LogP contribution in [-0.4, -0.2) is 47.8 Å². The highest BCUT2D eigenvalue weighted by molar-refractivity contribution is 5.94. The normalized spacial score (nSPS) is 15.1. The minimum Gasteiger partial charge on any atom is -0.337 e. The maximum absolute atomic E-state index is 13.8. The average Bonchev–Trinajstić information content (AvgIpc) is 2.67. The predicted molar refractivity (Wildman–Crippen MR) is 99.5 cm³/mol. The second-order valence-electron chi connectivity index (χ2n) is 6.13. The van der Waals surface area contributed by atoms with E-state index in [1.165, 1.54) is 4.90 Å². The van der Waals surface area contributed by atoms with Gasteiger partial charge in [0.2, 0.25) is 5.91 Å². The molecule has 0 bridgehead atoms. The van der Waals surface area contributed by atoms with Gasteiger partial charge in [0, 0.05) is 32.2 Å². The van der Waals surface area contributed by atoms with Crippen LogP contribution in [0.1, 0.15) is 22.0 Å². The summed E-state index contributed by atoms with van der Waals surface area (Å²) in [5.74, 6) is -2.35. The molecule has 1 aliphatic heterocycles. The average molecular weight is 396 g/mol. The van der Waals surface area contributed by atoms with Gasteiger partial charge in [-0.15, -0.1) is 12.4 Å². The van der Waals surface area contributed by atoms with Gasteiger partial charge in [-0.3, -0.25) is 9.59 Å². The van der Waals surface area contributed by atoms with Crippen LogP contribution in [0.15, 0.2) is 48.5 Å². The Labute approximate surface area is 162 Å². The molecule has 0 aromatic heterocycles. The quantitative estimate of drug-likeness (QED) is 0.867. The summed E-state index contributed by atoms with van der Waals surface area (Å²) >= 11 is 0. The summed E-state index contributed by atoms with van der Waals surface area (Å²) in [7, 11) is 0. The lowest BCUT2D eigenvalue weighted by molar-refractivity contribution is -0.134. The minimum atomic E-state index is -0.889. The largest absolute Gasteiger partial charge is 0.337 e. The Kier molecular flexibility index (Phi) is 6.87. The molecule has 0 saturated carbocycles. The molecule has 3 rings (SSSR count). The Morgan fingerprint density at radius 1 is 0.926 bits per heavy atom. The second-order valence-corrected chi connectivity index (χ2v) is 6.13. The van der Waals surface area contributed by atoms with Gasteiger partial charge in [-0.1, -0.05) is 30.3 Å². The molecule has 1 atom stereocenters. The Morgan fingerprint density at radius 3 is 2.11 bits per heavy atom. The molecular formula is C19H20ClF2N3O2. The molecule has 27 heavy (non-hydrogen) atoms. The van der Waals surface area contributed by atoms with E-state index in [0.717, 1.165) is 17.7 Å². The van der Waals surface area contributed by atoms with Crippen LogP contribution in [0.2, 0.25) is 0 Å². The van der Waals surface area contributed by atoms with Crippen LogP contribution in [0.5, 0.6) is 0 Å². The molecule has 1 heterocycles. The standard InChI is InChI=1S/C19H19F2N3O2.ClH/c20-14-6-7-15(16(21)12-14)18(25)23-8-10-24(11-9-23)19(26)17(22)13-4-2-1-3-5-13;/h1-7,12,17H,8-11,22H2;1H. The molecule has 1 aliphatic rings. The zero-order valence-corrected chi connectivity index (χ0v) is 15.3. The van der Waals surface area contributed by atoms with Crippen molar-refractivity contribution in [2.24, 2.45) is 5.73 Å². The van der Waals surface area contributed by atoms with Crippen molar-refractivity contribution in [2.75, 3.05) is 26.2 Å². The summed E-state index contributed by atoms with van der Waals surface area (Å²) in [5, 5.41) is 0. The number of hydrogen-bond donors (Lipinski definition) is 1. The maximum atomic E-state index is 13.8. The smallest absolute Gasteiger partial charge is 0.256 e. The third-order valence-electron chi connectivity index (χ3n) is 4.46. The van der Waals surface area contributed by atoms with Gasteiger partial charge in [0.15, 0.2) is 0 Å². The van der Waals surface area contributed by atoms with Crippen LogP contribution in [0.4, 0.5) is 8.78 Å². The number of nitrogens with zero attached hydrogens (tertiary/aromatic N) is 2. The number of amides is 2. The summed E-state index contributed by atoms with van der Waals surface area (Å²) in [4.78, 5) is 28.0. The maximum Gasteiger partial charge on any atom is 0.256 e. The van der Waals surface area contributed by atoms with Crippen LogP contribution >= 0.6 is 12.4 Å². The van der Waals surface area contributed by atoms with Crippen molar-refractivity contribution >= 4 is 24.2 Å². The van der Waals surface area contributed by atoms with E-state index < -0.39 is 23.6 Å². The number of carbonyl (C=O) groups excluding carboxylic acids is 2. The molecule has 2 aromatic rings. The van der Waals surface area contributed by atoms with Crippen molar-refractivity contribution in [3.63, 3.8) is 0 Å². The van der Waals surface area contributed by atoms with Crippen LogP contribution in [0.25, 0.3) is 0 Å². The van der Waals surface area contributed by atoms with Gasteiger partial charge in [0.1, 0.15) is 17.7 Å². The third-order valence-corrected chi connectivity index (χ3v) is 4.46. The molecule has 0 spiro atoms. The Balaban J connectivity index is 0.00000261. The molecule has 2 N–H and O–H groups in total. The first-order valence-electron chi connectivity index (χ1n) is 8.31. The van der Waals surface area contributed by atoms with Crippen molar-refractivity contribution in [3.05, 3.63) is 71.3 Å². The topological polar surface area (TPSA) is 66.6 Å². The first kappa shape index (κ1) is 20.8. The van der Waals surface area contributed by atoms with E-state index in [1.54, 1.807) is 17.0 Å². The van der Waals surface area contributed by atoms with Crippen LogP contribution in [-0.2, 0) is 4.79 Å². The molecule has 0 radical (unpaired) electrons. The zero-order chi connectivity index (χ0) is 18.7. The van der Waals surface area contributed by atoms with Crippen LogP contribution < -0.4 is 5.73 Å². The molecule has 144 valence electrons. The van der Waals surface area contributed by atoms with Crippen molar-refractivity contribution in [3.8, 4) is 0 Å². The Bertz CT molecular complexity index is 812. The molecule has 2 aromatic carbocycles. The van der Waals surface area contributed by atoms with Gasteiger partial charge >= 0.3 is 0 Å². The highest BCUT2D eigenvalue weighted by Gasteiger charge is 2.29. The highest BCUT2D eigenvalue weighted by Crippen LogP contribution is 2.17. The fourth-order valence-electron chi connectivity index (χ4n) is 2.96. The first-order valence-corrected chi connectivity index (χ1v) is 8.31. The van der Waals surface area contributed by atoms with E-state index in [2.05, 4.69) is 0 Å². The van der Waals surface area contributed by atoms with Gasteiger partial charge in [-0.25, -0.2) is 8.78 Å². The number of carbonyl (C=O) groups is 2. The molecule has 0 aliphatic carbocycles. The van der Waals surface area contributed by atoms with E-state index in [0.29, 0.717) is 19.2 Å². The molecule has 2 amide bonds. The first-order chi connectivity index (χ1) is 12.5. The third kappa shape index (κ3) is 4.61. The van der Waals surface area contributed by atoms with Crippen molar-refractivity contribution < 1.29 is 18.4 Å². The van der Waals surface area contributed by atoms with Gasteiger partial charge < -0.3 is 15.5 Å². The number of hydrogen-bond acceptors (Lipinski definition) is 3. The fraction of sp³-hybridized carbons (Fsp3) is 0.263. The number of halogens is 3. The molecular weight excluding hydrogens is 376 g/mol. The molecule has 8 heteroatoms. The number of piperazine rings is 1. The van der Waals surface area contributed by atoms with Gasteiger partial charge in [-0.05, 0) is 17.7 Å². The van der Waals surface area contributed by atoms with Crippen LogP contribution in [0, 0.1) is 11.6 Å². The monoisotopic (exact) mass is 395 g/mol. The lowest BCUT2D eigenvalue weighted by Gasteiger charge is -2.36. The molecule has 1 fully saturated rings. The number of benzene rings is 2. The number of nitrogens with two attached hydrogens (primary N) is 1. The molecule has 5 nitrogen and oxygen atoms in total. The van der Waals surface area contributed by atoms with Gasteiger partial charge in [-0.2, -0.15) is 0 Å². The second kappa shape index (κ2) is 8.92. The predicted octanol–water partition coefficient (Wildman–Crippen LogP) is 2.37. The van der Waals surface area contributed by atoms with Crippen molar-refractivity contribution in [1.82, 2.24) is 9.80 Å². The molecule has 1 saturated heterocycles. The summed E-state index contributed by atoms with van der Waals surface area (Å²) in [6.45, 7) is 1.16. The SMILES string of the molecule is Cl.NC(C(=O)N1CCN(C(=O)c2ccc(F)cc2F)CC1)c1ccccc1. The van der Waals surface area contributed by atoms with E-state index in [1.807, 2.05) is 18.2 Å². The van der Waals surface area contributed by atoms with E-state index in [4.69, 9.17) is 5.73 Å². The zero-order valence-electron chi connectivity index (χ0n) is 14.5. The van der Waals surface area contributed by atoms with Gasteiger partial charge in [0.05, 0.1) is 5.56 Å². The molecule has 1 unspecified atom stereocenters. The van der Waals surface area contributed by atoms with Crippen LogP contribution in [0.3, 0.4) is 0 Å². The van der Waals surface area contributed by atoms with Crippen molar-refractivity contribution in [2.45, 2.75) is 6.04 Å². The number of rotatable bonds is 3. The van der Waals surface area contributed by atoms with E-state index in [-0.39, 0.29) is 37.0 Å². The Hall–Kier alpha value is -2.51. The lowest BCUT2D eigenvalue weighted by atomic mass is 10.1. The fourth-order valence-corrected chi connectivity index (χ4v) is 2.96. The van der Waals surface area contributed by atoms with Crippen molar-refractivity contribution in [1.29, 1.82) is 0 Å².